The molecule has 28 heavy (non-hydrogen) atoms. The zero-order chi connectivity index (χ0) is 20.3. The number of ether oxygens (including phenoxy) is 2. The second kappa shape index (κ2) is 8.35. The van der Waals surface area contributed by atoms with Crippen molar-refractivity contribution in [1.82, 2.24) is 9.47 Å². The third-order valence-corrected chi connectivity index (χ3v) is 5.09. The number of hydrogen-bond donors (Lipinski definition) is 0. The standard InChI is InChI=1S/C20H20N2O5S/c1-4-27-18(23)12-21-19(24)17(28-20(21)25)11-15-6-5-13(2)22(15)14-7-9-16(26-3)10-8-14/h5-11H,4,12H2,1-3H3/b17-11+. The minimum Gasteiger partial charge on any atom is -0.497 e. The molecule has 0 saturated carbocycles. The Morgan fingerprint density at radius 2 is 1.86 bits per heavy atom. The molecule has 2 heterocycles. The van der Waals surface area contributed by atoms with E-state index in [4.69, 9.17) is 9.47 Å². The number of carbonyl (C=O) groups excluding carboxylic acids is 3. The van der Waals surface area contributed by atoms with Crippen molar-refractivity contribution in [3.63, 3.8) is 0 Å². The van der Waals surface area contributed by atoms with Gasteiger partial charge in [0.05, 0.1) is 18.6 Å². The molecule has 7 nitrogen and oxygen atoms in total. The molecule has 2 amide bonds. The molecule has 0 radical (unpaired) electrons. The molecular formula is C20H20N2O5S. The number of thioether (sulfide) groups is 1. The maximum Gasteiger partial charge on any atom is 0.326 e. The normalized spacial score (nSPS) is 15.4. The topological polar surface area (TPSA) is 77.8 Å². The van der Waals surface area contributed by atoms with Gasteiger partial charge < -0.3 is 14.0 Å². The van der Waals surface area contributed by atoms with Crippen LogP contribution in [-0.2, 0) is 14.3 Å². The van der Waals surface area contributed by atoms with Crippen LogP contribution in [0.2, 0.25) is 0 Å². The summed E-state index contributed by atoms with van der Waals surface area (Å²) in [5.41, 5.74) is 2.63. The van der Waals surface area contributed by atoms with Gasteiger partial charge in [0.25, 0.3) is 11.1 Å². The lowest BCUT2D eigenvalue weighted by Crippen LogP contribution is -2.34. The fourth-order valence-corrected chi connectivity index (χ4v) is 3.68. The van der Waals surface area contributed by atoms with Gasteiger partial charge in [-0.2, -0.15) is 0 Å². The molecule has 0 bridgehead atoms. The van der Waals surface area contributed by atoms with E-state index in [1.165, 1.54) is 0 Å². The highest BCUT2D eigenvalue weighted by Gasteiger charge is 2.36. The number of aromatic nitrogens is 1. The number of imide groups is 1. The van der Waals surface area contributed by atoms with Crippen LogP contribution < -0.4 is 4.74 Å². The fourth-order valence-electron chi connectivity index (χ4n) is 2.86. The largest absolute Gasteiger partial charge is 0.497 e. The van der Waals surface area contributed by atoms with Gasteiger partial charge in [0.2, 0.25) is 0 Å². The van der Waals surface area contributed by atoms with Crippen molar-refractivity contribution in [2.45, 2.75) is 13.8 Å². The molecule has 0 N–H and O–H groups in total. The Morgan fingerprint density at radius 3 is 2.50 bits per heavy atom. The average molecular weight is 400 g/mol. The second-order valence-electron chi connectivity index (χ2n) is 6.01. The van der Waals surface area contributed by atoms with E-state index < -0.39 is 17.1 Å². The Hall–Kier alpha value is -3.00. The van der Waals surface area contributed by atoms with Crippen molar-refractivity contribution in [1.29, 1.82) is 0 Å². The first-order chi connectivity index (χ1) is 13.4. The Labute approximate surface area is 166 Å². The molecule has 1 aromatic heterocycles. The van der Waals surface area contributed by atoms with Gasteiger partial charge in [-0.15, -0.1) is 0 Å². The van der Waals surface area contributed by atoms with Gasteiger partial charge in [-0.3, -0.25) is 19.3 Å². The first-order valence-electron chi connectivity index (χ1n) is 8.68. The van der Waals surface area contributed by atoms with Crippen LogP contribution in [0.15, 0.2) is 41.3 Å². The van der Waals surface area contributed by atoms with Crippen molar-refractivity contribution < 1.29 is 23.9 Å². The predicted octanol–water partition coefficient (Wildman–Crippen LogP) is 3.39. The summed E-state index contributed by atoms with van der Waals surface area (Å²) in [5.74, 6) is -0.359. The first kappa shape index (κ1) is 19.8. The van der Waals surface area contributed by atoms with Crippen molar-refractivity contribution >= 4 is 35.0 Å². The molecule has 0 aliphatic carbocycles. The van der Waals surface area contributed by atoms with Crippen molar-refractivity contribution in [3.8, 4) is 11.4 Å². The smallest absolute Gasteiger partial charge is 0.326 e. The average Bonchev–Trinajstić information content (AvgIpc) is 3.16. The number of hydrogen-bond acceptors (Lipinski definition) is 6. The number of carbonyl (C=O) groups is 3. The maximum absolute atomic E-state index is 12.6. The molecule has 1 aliphatic heterocycles. The third kappa shape index (κ3) is 3.96. The molecule has 1 aromatic carbocycles. The number of rotatable bonds is 6. The lowest BCUT2D eigenvalue weighted by atomic mass is 10.2. The Morgan fingerprint density at radius 1 is 1.14 bits per heavy atom. The molecule has 0 atom stereocenters. The van der Waals surface area contributed by atoms with E-state index >= 15 is 0 Å². The molecule has 1 aliphatic rings. The van der Waals surface area contributed by atoms with Crippen molar-refractivity contribution in [3.05, 3.63) is 52.7 Å². The van der Waals surface area contributed by atoms with E-state index in [2.05, 4.69) is 0 Å². The summed E-state index contributed by atoms with van der Waals surface area (Å²) in [6.07, 6.45) is 1.66. The number of methoxy groups -OCH3 is 1. The SMILES string of the molecule is CCOC(=O)CN1C(=O)S/C(=C/c2ccc(C)n2-c2ccc(OC)cc2)C1=O. The van der Waals surface area contributed by atoms with E-state index in [0.29, 0.717) is 0 Å². The summed E-state index contributed by atoms with van der Waals surface area (Å²) in [5, 5.41) is -0.483. The Bertz CT molecular complexity index is 946. The van der Waals surface area contributed by atoms with Gasteiger partial charge in [-0.25, -0.2) is 0 Å². The molecule has 8 heteroatoms. The zero-order valence-corrected chi connectivity index (χ0v) is 16.6. The number of esters is 1. The van der Waals surface area contributed by atoms with Gasteiger partial charge >= 0.3 is 5.97 Å². The van der Waals surface area contributed by atoms with Crippen molar-refractivity contribution in [2.75, 3.05) is 20.3 Å². The molecule has 1 saturated heterocycles. The van der Waals surface area contributed by atoms with E-state index in [-0.39, 0.29) is 18.1 Å². The van der Waals surface area contributed by atoms with Crippen molar-refractivity contribution in [2.24, 2.45) is 0 Å². The van der Waals surface area contributed by atoms with Crippen LogP contribution in [0.4, 0.5) is 4.79 Å². The van der Waals surface area contributed by atoms with Crippen LogP contribution in [0.5, 0.6) is 5.75 Å². The van der Waals surface area contributed by atoms with Crippen LogP contribution in [-0.4, -0.2) is 46.8 Å². The van der Waals surface area contributed by atoms with Crippen LogP contribution in [0.3, 0.4) is 0 Å². The minimum absolute atomic E-state index is 0.194. The number of benzene rings is 1. The summed E-state index contributed by atoms with van der Waals surface area (Å²) in [7, 11) is 1.60. The van der Waals surface area contributed by atoms with Crippen LogP contribution in [0.1, 0.15) is 18.3 Å². The Balaban J connectivity index is 1.89. The molecule has 146 valence electrons. The predicted molar refractivity (Wildman–Crippen MR) is 106 cm³/mol. The zero-order valence-electron chi connectivity index (χ0n) is 15.8. The van der Waals surface area contributed by atoms with Gasteiger partial charge in [-0.1, -0.05) is 0 Å². The summed E-state index contributed by atoms with van der Waals surface area (Å²) < 4.78 is 12.0. The molecule has 0 spiro atoms. The molecule has 3 rings (SSSR count). The van der Waals surface area contributed by atoms with Crippen LogP contribution in [0, 0.1) is 6.92 Å². The second-order valence-corrected chi connectivity index (χ2v) is 7.00. The van der Waals surface area contributed by atoms with Gasteiger partial charge in [0.15, 0.2) is 0 Å². The quantitative estimate of drug-likeness (QED) is 0.546. The first-order valence-corrected chi connectivity index (χ1v) is 9.50. The van der Waals surface area contributed by atoms with E-state index in [9.17, 15) is 14.4 Å². The minimum atomic E-state index is -0.608. The molecule has 1 fully saturated rings. The monoisotopic (exact) mass is 400 g/mol. The van der Waals surface area contributed by atoms with Gasteiger partial charge in [0, 0.05) is 17.1 Å². The maximum atomic E-state index is 12.6. The van der Waals surface area contributed by atoms with Crippen LogP contribution >= 0.6 is 11.8 Å². The van der Waals surface area contributed by atoms with Crippen LogP contribution in [0.25, 0.3) is 11.8 Å². The number of amides is 2. The summed E-state index contributed by atoms with van der Waals surface area (Å²) >= 11 is 0.813. The summed E-state index contributed by atoms with van der Waals surface area (Å²) in [4.78, 5) is 37.5. The highest BCUT2D eigenvalue weighted by Crippen LogP contribution is 2.33. The third-order valence-electron chi connectivity index (χ3n) is 4.18. The highest BCUT2D eigenvalue weighted by atomic mass is 32.2. The molecule has 0 unspecified atom stereocenters. The lowest BCUT2D eigenvalue weighted by Gasteiger charge is -2.11. The van der Waals surface area contributed by atoms with Gasteiger partial charge in [-0.05, 0) is 68.1 Å². The number of nitrogens with zero attached hydrogens (tertiary/aromatic N) is 2. The molecular weight excluding hydrogens is 380 g/mol. The van der Waals surface area contributed by atoms with Gasteiger partial charge in [0.1, 0.15) is 12.3 Å². The highest BCUT2D eigenvalue weighted by molar-refractivity contribution is 8.18. The van der Waals surface area contributed by atoms with E-state index in [1.807, 2.05) is 47.9 Å². The Kier molecular flexibility index (Phi) is 5.89. The van der Waals surface area contributed by atoms with E-state index in [0.717, 1.165) is 39.5 Å². The number of aryl methyl sites for hydroxylation is 1. The lowest BCUT2D eigenvalue weighted by molar-refractivity contribution is -0.145. The molecule has 2 aromatic rings. The summed E-state index contributed by atoms with van der Waals surface area (Å²) in [6.45, 7) is 3.43. The fraction of sp³-hybridized carbons (Fsp3) is 0.250. The summed E-state index contributed by atoms with van der Waals surface area (Å²) in [6, 6.07) is 11.3. The van der Waals surface area contributed by atoms with E-state index in [1.54, 1.807) is 20.1 Å².